The monoisotopic (exact) mass is 922 g/mol. The van der Waals surface area contributed by atoms with Gasteiger partial charge in [0.15, 0.2) is 6.10 Å². The van der Waals surface area contributed by atoms with Crippen molar-refractivity contribution in [3.63, 3.8) is 0 Å². The quantitative estimate of drug-likeness (QED) is 0.0738. The van der Waals surface area contributed by atoms with E-state index in [1.807, 2.05) is 6.07 Å². The number of para-hydroxylation sites is 1. The lowest BCUT2D eigenvalue weighted by molar-refractivity contribution is -0.208. The number of alkyl halides is 9. The minimum atomic E-state index is -2.55. The van der Waals surface area contributed by atoms with Crippen LogP contribution < -0.4 is 10.2 Å². The van der Waals surface area contributed by atoms with Crippen LogP contribution in [0.15, 0.2) is 42.0 Å². The molecule has 1 aromatic carbocycles. The topological polar surface area (TPSA) is 150 Å². The number of esters is 3. The summed E-state index contributed by atoms with van der Waals surface area (Å²) >= 11 is 51.8. The Bertz CT molecular complexity index is 1520. The first-order chi connectivity index (χ1) is 24.4. The smallest absolute Gasteiger partial charge is 0.359 e. The predicted octanol–water partition coefficient (Wildman–Crippen LogP) is 6.78. The Labute approximate surface area is 351 Å². The molecular weight excluding hydrogens is 891 g/mol. The number of hydrogen-bond donors (Lipinski definition) is 1. The second-order valence-electron chi connectivity index (χ2n) is 12.4. The van der Waals surface area contributed by atoms with E-state index in [1.165, 1.54) is 11.0 Å². The molecule has 2 saturated heterocycles. The number of nitrogens with one attached hydrogen (secondary N) is 1. The van der Waals surface area contributed by atoms with Crippen LogP contribution in [0.5, 0.6) is 0 Å². The second kappa shape index (κ2) is 19.3. The van der Waals surface area contributed by atoms with Gasteiger partial charge in [-0.3, -0.25) is 9.59 Å². The highest BCUT2D eigenvalue weighted by atomic mass is 35.6. The molecule has 8 atom stereocenters. The van der Waals surface area contributed by atoms with Crippen LogP contribution in [0, 0.1) is 11.8 Å². The molecule has 53 heavy (non-hydrogen) atoms. The van der Waals surface area contributed by atoms with Gasteiger partial charge >= 0.3 is 17.9 Å². The van der Waals surface area contributed by atoms with E-state index in [0.29, 0.717) is 11.3 Å². The molecule has 1 aromatic rings. The van der Waals surface area contributed by atoms with Crippen molar-refractivity contribution in [2.45, 2.75) is 81.6 Å². The minimum absolute atomic E-state index is 0.0662. The SMILES string of the molecule is C/C(=C\C(=O)NCC(=O)N(C)c1ccccc1)C[C@@H]1OC[C@H](C[C@@H]2O[C@H]2[C@@H](C)[C@H](C)OC(=O)C(Cl)(Cl)Cl)[C@@H](OC(=O)C(Cl)(Cl)Cl)[C@H]1OC(=O)C(Cl)(Cl)Cl. The van der Waals surface area contributed by atoms with Gasteiger partial charge in [0.2, 0.25) is 11.8 Å². The fourth-order valence-electron chi connectivity index (χ4n) is 5.43. The maximum Gasteiger partial charge on any atom is 0.359 e. The fourth-order valence-corrected chi connectivity index (χ4v) is 5.83. The number of halogens is 9. The lowest BCUT2D eigenvalue weighted by Crippen LogP contribution is -2.55. The molecule has 1 N–H and O–H groups in total. The van der Waals surface area contributed by atoms with Crippen molar-refractivity contribution in [3.8, 4) is 0 Å². The van der Waals surface area contributed by atoms with Gasteiger partial charge in [-0.2, -0.15) is 0 Å². The van der Waals surface area contributed by atoms with Crippen molar-refractivity contribution in [1.29, 1.82) is 0 Å². The number of benzene rings is 1. The predicted molar refractivity (Wildman–Crippen MR) is 203 cm³/mol. The highest BCUT2D eigenvalue weighted by Crippen LogP contribution is 2.42. The van der Waals surface area contributed by atoms with Crippen molar-refractivity contribution in [2.75, 3.05) is 25.1 Å². The third-order valence-electron chi connectivity index (χ3n) is 8.40. The van der Waals surface area contributed by atoms with Crippen LogP contribution in [0.1, 0.15) is 33.6 Å². The van der Waals surface area contributed by atoms with Crippen LogP contribution >= 0.6 is 104 Å². The molecular formula is C32H35Cl9N2O10. The number of ether oxygens (including phenoxy) is 5. The van der Waals surface area contributed by atoms with Crippen molar-refractivity contribution >= 4 is 140 Å². The van der Waals surface area contributed by atoms with Gasteiger partial charge in [-0.1, -0.05) is 135 Å². The lowest BCUT2D eigenvalue weighted by atomic mass is 9.85. The average Bonchev–Trinajstić information content (AvgIpc) is 3.83. The molecule has 21 heteroatoms. The van der Waals surface area contributed by atoms with Crippen LogP contribution in [0.4, 0.5) is 5.69 Å². The van der Waals surface area contributed by atoms with Crippen LogP contribution in [0.3, 0.4) is 0 Å². The highest BCUT2D eigenvalue weighted by Gasteiger charge is 2.54. The zero-order valence-corrected chi connectivity index (χ0v) is 35.1. The fraction of sp³-hybridized carbons (Fsp3) is 0.594. The minimum Gasteiger partial charge on any atom is -0.459 e. The van der Waals surface area contributed by atoms with Crippen molar-refractivity contribution in [3.05, 3.63) is 42.0 Å². The van der Waals surface area contributed by atoms with E-state index in [4.69, 9.17) is 128 Å². The van der Waals surface area contributed by atoms with Gasteiger partial charge in [0.1, 0.15) is 18.3 Å². The van der Waals surface area contributed by atoms with Gasteiger partial charge in [-0.25, -0.2) is 14.4 Å². The number of nitrogens with zero attached hydrogens (tertiary/aromatic N) is 1. The normalized spacial score (nSPS) is 24.7. The van der Waals surface area contributed by atoms with E-state index >= 15 is 0 Å². The Morgan fingerprint density at radius 1 is 0.868 bits per heavy atom. The van der Waals surface area contributed by atoms with Crippen LogP contribution in [-0.4, -0.2) is 97.9 Å². The number of anilines is 1. The number of epoxide rings is 1. The summed E-state index contributed by atoms with van der Waals surface area (Å²) in [6.07, 6.45) is -4.26. The summed E-state index contributed by atoms with van der Waals surface area (Å²) in [5.41, 5.74) is 1.05. The van der Waals surface area contributed by atoms with E-state index < -0.39 is 77.7 Å². The van der Waals surface area contributed by atoms with E-state index in [2.05, 4.69) is 5.32 Å². The van der Waals surface area contributed by atoms with E-state index in [9.17, 15) is 24.0 Å². The summed E-state index contributed by atoms with van der Waals surface area (Å²) in [7, 11) is 1.57. The molecule has 2 amide bonds. The first-order valence-electron chi connectivity index (χ1n) is 15.8. The van der Waals surface area contributed by atoms with Crippen molar-refractivity contribution in [2.24, 2.45) is 11.8 Å². The van der Waals surface area contributed by atoms with Crippen LogP contribution in [0.2, 0.25) is 0 Å². The van der Waals surface area contributed by atoms with Gasteiger partial charge in [0.25, 0.3) is 11.4 Å². The molecule has 2 heterocycles. The molecule has 12 nitrogen and oxygen atoms in total. The maximum atomic E-state index is 12.9. The summed E-state index contributed by atoms with van der Waals surface area (Å²) in [4.78, 5) is 64.7. The van der Waals surface area contributed by atoms with Gasteiger partial charge in [-0.05, 0) is 38.8 Å². The Kier molecular flexibility index (Phi) is 16.9. The molecule has 2 fully saturated rings. The molecule has 296 valence electrons. The zero-order chi connectivity index (χ0) is 40.1. The van der Waals surface area contributed by atoms with Crippen molar-refractivity contribution < 1.29 is 47.7 Å². The number of carbonyl (C=O) groups is 5. The molecule has 2 aliphatic heterocycles. The third kappa shape index (κ3) is 14.1. The molecule has 0 aromatic heterocycles. The molecule has 3 rings (SSSR count). The molecule has 0 bridgehead atoms. The van der Waals surface area contributed by atoms with Crippen LogP contribution in [-0.2, 0) is 47.7 Å². The molecule has 0 saturated carbocycles. The second-order valence-corrected chi connectivity index (χ2v) is 19.3. The number of carbonyl (C=O) groups excluding carboxylic acids is 5. The summed E-state index contributed by atoms with van der Waals surface area (Å²) in [5.74, 6) is -5.79. The molecule has 0 aliphatic carbocycles. The Morgan fingerprint density at radius 3 is 1.96 bits per heavy atom. The number of hydrogen-bond acceptors (Lipinski definition) is 10. The third-order valence-corrected chi connectivity index (χ3v) is 9.79. The van der Waals surface area contributed by atoms with E-state index in [0.717, 1.165) is 0 Å². The molecule has 0 unspecified atom stereocenters. The van der Waals surface area contributed by atoms with E-state index in [-0.39, 0.29) is 37.8 Å². The number of likely N-dealkylation sites (N-methyl/N-ethyl adjacent to an activating group) is 1. The van der Waals surface area contributed by atoms with Crippen molar-refractivity contribution in [1.82, 2.24) is 5.32 Å². The summed E-state index contributed by atoms with van der Waals surface area (Å²) < 4.78 is 21.1. The summed E-state index contributed by atoms with van der Waals surface area (Å²) in [6.45, 7) is 4.54. The summed E-state index contributed by atoms with van der Waals surface area (Å²) in [5, 5.41) is 2.53. The average molecular weight is 927 g/mol. The maximum absolute atomic E-state index is 12.9. The highest BCUT2D eigenvalue weighted by molar-refractivity contribution is 6.76. The number of amides is 2. The van der Waals surface area contributed by atoms with Gasteiger partial charge in [0.05, 0.1) is 25.4 Å². The van der Waals surface area contributed by atoms with E-state index in [1.54, 1.807) is 52.1 Å². The lowest BCUT2D eigenvalue weighted by Gasteiger charge is -2.42. The molecule has 2 aliphatic rings. The van der Waals surface area contributed by atoms with Crippen LogP contribution in [0.25, 0.3) is 0 Å². The standard InChI is InChI=1S/C32H35Cl9N2O10/c1-15(11-22(44)42-13-23(45)43(4)19-8-6-5-7-9-19)10-20-26(53-29(48)32(39,40)41)25(52-28(47)31(36,37)38)18(14-49-20)12-21-24(51-21)16(2)17(3)50-27(46)30(33,34)35/h5-9,11,16-18,20-21,24-26H,10,12-14H2,1-4H3,(H,42,44)/b15-11+/t16-,17-,18-,20-,21-,24-,25+,26-/m0/s1. The Hall–Kier alpha value is -1.16. The van der Waals surface area contributed by atoms with Gasteiger partial charge in [0, 0.05) is 30.6 Å². The number of rotatable bonds is 13. The van der Waals surface area contributed by atoms with Gasteiger partial charge < -0.3 is 33.9 Å². The molecule has 0 radical (unpaired) electrons. The van der Waals surface area contributed by atoms with Gasteiger partial charge in [-0.15, -0.1) is 0 Å². The Balaban J connectivity index is 1.79. The first kappa shape index (κ1) is 46.2. The summed E-state index contributed by atoms with van der Waals surface area (Å²) in [6, 6.07) is 8.85. The zero-order valence-electron chi connectivity index (χ0n) is 28.3. The Morgan fingerprint density at radius 2 is 1.42 bits per heavy atom. The first-order valence-corrected chi connectivity index (χ1v) is 19.2. The molecule has 0 spiro atoms. The largest absolute Gasteiger partial charge is 0.459 e.